The molecule has 0 fully saturated rings. The van der Waals surface area contributed by atoms with Crippen LogP contribution in [0.4, 0.5) is 5.69 Å². The number of carboxylic acids is 1. The Kier molecular flexibility index (Phi) is 7.40. The van der Waals surface area contributed by atoms with Gasteiger partial charge in [-0.3, -0.25) is 0 Å². The fourth-order valence-corrected chi connectivity index (χ4v) is 6.05. The van der Waals surface area contributed by atoms with Crippen molar-refractivity contribution in [2.75, 3.05) is 18.5 Å². The number of carbonyl (C=O) groups is 1. The van der Waals surface area contributed by atoms with Crippen LogP contribution >= 0.6 is 11.6 Å². The highest BCUT2D eigenvalue weighted by Crippen LogP contribution is 2.46. The Morgan fingerprint density at radius 2 is 1.79 bits per heavy atom. The maximum Gasteiger partial charge on any atom is 0.337 e. The molecule has 0 bridgehead atoms. The van der Waals surface area contributed by atoms with Crippen molar-refractivity contribution in [2.45, 2.75) is 46.3 Å². The van der Waals surface area contributed by atoms with E-state index in [4.69, 9.17) is 26.2 Å². The molecular formula is C35H34ClN3O4. The minimum absolute atomic E-state index is 0.454. The second kappa shape index (κ2) is 11.1. The molecule has 8 heteroatoms. The molecule has 1 unspecified atom stereocenters. The molecule has 1 aliphatic rings. The van der Waals surface area contributed by atoms with Crippen molar-refractivity contribution in [3.05, 3.63) is 94.6 Å². The highest BCUT2D eigenvalue weighted by atomic mass is 35.5. The Labute approximate surface area is 256 Å². The molecule has 0 amide bonds. The maximum absolute atomic E-state index is 12.8. The largest absolute Gasteiger partial charge is 0.490 e. The van der Waals surface area contributed by atoms with Gasteiger partial charge in [-0.15, -0.1) is 0 Å². The molecule has 0 aliphatic carbocycles. The van der Waals surface area contributed by atoms with Gasteiger partial charge >= 0.3 is 5.97 Å². The van der Waals surface area contributed by atoms with E-state index in [0.717, 1.165) is 33.5 Å². The topological polar surface area (TPSA) is 85.1 Å². The van der Waals surface area contributed by atoms with Crippen LogP contribution in [0.3, 0.4) is 0 Å². The smallest absolute Gasteiger partial charge is 0.337 e. The normalized spacial score (nSPS) is 13.7. The summed E-state index contributed by atoms with van der Waals surface area (Å²) in [6.07, 6.45) is 0.623. The van der Waals surface area contributed by atoms with E-state index >= 15 is 0 Å². The molecule has 0 radical (unpaired) electrons. The van der Waals surface area contributed by atoms with E-state index in [1.165, 1.54) is 5.56 Å². The molecule has 7 nitrogen and oxygen atoms in total. The van der Waals surface area contributed by atoms with E-state index in [1.54, 1.807) is 4.52 Å². The summed E-state index contributed by atoms with van der Waals surface area (Å²) >= 11 is 7.07. The number of anilines is 1. The van der Waals surface area contributed by atoms with Gasteiger partial charge in [-0.05, 0) is 81.1 Å². The number of hydrogen-bond donors (Lipinski definition) is 2. The maximum atomic E-state index is 12.8. The number of hydrogen-bond acceptors (Lipinski definition) is 5. The van der Waals surface area contributed by atoms with Gasteiger partial charge < -0.3 is 19.9 Å². The van der Waals surface area contributed by atoms with Crippen LogP contribution < -0.4 is 10.1 Å². The Morgan fingerprint density at radius 1 is 1.02 bits per heavy atom. The van der Waals surface area contributed by atoms with Crippen molar-refractivity contribution in [3.63, 3.8) is 0 Å². The number of fused-ring (bicyclic) bond motifs is 2. The van der Waals surface area contributed by atoms with E-state index in [0.29, 0.717) is 46.3 Å². The van der Waals surface area contributed by atoms with Gasteiger partial charge in [0, 0.05) is 35.0 Å². The van der Waals surface area contributed by atoms with Crippen molar-refractivity contribution in [1.29, 1.82) is 0 Å². The third-order valence-electron chi connectivity index (χ3n) is 7.61. The van der Waals surface area contributed by atoms with Crippen LogP contribution in [-0.2, 0) is 9.53 Å². The van der Waals surface area contributed by atoms with Crippen molar-refractivity contribution in [2.24, 2.45) is 0 Å². The van der Waals surface area contributed by atoms with E-state index in [-0.39, 0.29) is 0 Å². The number of halogens is 1. The Balaban J connectivity index is 1.61. The summed E-state index contributed by atoms with van der Waals surface area (Å²) in [5.41, 5.74) is 8.43. The molecule has 1 aliphatic heterocycles. The highest BCUT2D eigenvalue weighted by molar-refractivity contribution is 6.36. The van der Waals surface area contributed by atoms with Gasteiger partial charge in [0.05, 0.1) is 27.5 Å². The first-order valence-corrected chi connectivity index (χ1v) is 14.7. The third kappa shape index (κ3) is 5.46. The summed E-state index contributed by atoms with van der Waals surface area (Å²) in [4.78, 5) is 12.8. The zero-order valence-corrected chi connectivity index (χ0v) is 25.6. The number of pyridine rings is 1. The van der Waals surface area contributed by atoms with Gasteiger partial charge in [-0.1, -0.05) is 54.1 Å². The summed E-state index contributed by atoms with van der Waals surface area (Å²) in [6, 6.07) is 22.3. The van der Waals surface area contributed by atoms with Crippen LogP contribution in [0, 0.1) is 13.8 Å². The molecule has 43 heavy (non-hydrogen) atoms. The zero-order chi connectivity index (χ0) is 30.5. The fourth-order valence-electron chi connectivity index (χ4n) is 5.73. The number of nitrogens with zero attached hydrogens (tertiary/aromatic N) is 2. The number of aryl methyl sites for hydroxylation is 2. The Morgan fingerprint density at radius 3 is 2.53 bits per heavy atom. The number of carboxylic acid groups (broad SMARTS) is 1. The molecule has 0 saturated heterocycles. The monoisotopic (exact) mass is 595 g/mol. The van der Waals surface area contributed by atoms with Crippen LogP contribution in [0.15, 0.2) is 72.9 Å². The summed E-state index contributed by atoms with van der Waals surface area (Å²) in [5.74, 6) is -0.419. The van der Waals surface area contributed by atoms with Crippen molar-refractivity contribution in [1.82, 2.24) is 9.61 Å². The van der Waals surface area contributed by atoms with Crippen LogP contribution in [0.2, 0.25) is 5.02 Å². The molecule has 1 atom stereocenters. The molecule has 2 N–H and O–H groups in total. The van der Waals surface area contributed by atoms with Gasteiger partial charge in [0.2, 0.25) is 0 Å². The summed E-state index contributed by atoms with van der Waals surface area (Å²) < 4.78 is 13.8. The van der Waals surface area contributed by atoms with Crippen LogP contribution in [0.25, 0.3) is 39.0 Å². The molecular weight excluding hydrogens is 562 g/mol. The lowest BCUT2D eigenvalue weighted by molar-refractivity contribution is -0.160. The average molecular weight is 596 g/mol. The van der Waals surface area contributed by atoms with Gasteiger partial charge in [0.15, 0.2) is 6.10 Å². The first-order valence-electron chi connectivity index (χ1n) is 14.3. The molecule has 0 spiro atoms. The lowest BCUT2D eigenvalue weighted by Crippen LogP contribution is -2.28. The molecule has 6 rings (SSSR count). The summed E-state index contributed by atoms with van der Waals surface area (Å²) in [7, 11) is 0. The lowest BCUT2D eigenvalue weighted by atomic mass is 9.91. The lowest BCUT2D eigenvalue weighted by Gasteiger charge is -2.29. The second-order valence-electron chi connectivity index (χ2n) is 11.9. The number of nitrogens with one attached hydrogen (secondary N) is 1. The minimum atomic E-state index is -1.24. The molecule has 2 aromatic heterocycles. The number of aliphatic carboxylic acids is 1. The number of benzene rings is 3. The van der Waals surface area contributed by atoms with E-state index in [2.05, 4.69) is 36.5 Å². The molecule has 0 saturated carbocycles. The zero-order valence-electron chi connectivity index (χ0n) is 24.9. The van der Waals surface area contributed by atoms with Gasteiger partial charge in [0.1, 0.15) is 12.4 Å². The number of aromatic nitrogens is 2. The molecule has 220 valence electrons. The Hall–Kier alpha value is -4.33. The second-order valence-corrected chi connectivity index (χ2v) is 12.3. The molecule has 3 heterocycles. The van der Waals surface area contributed by atoms with Crippen LogP contribution in [0.5, 0.6) is 5.75 Å². The highest BCUT2D eigenvalue weighted by Gasteiger charge is 2.33. The average Bonchev–Trinajstić information content (AvgIpc) is 3.39. The minimum Gasteiger partial charge on any atom is -0.490 e. The third-order valence-corrected chi connectivity index (χ3v) is 8.00. The van der Waals surface area contributed by atoms with Gasteiger partial charge in [0.25, 0.3) is 0 Å². The van der Waals surface area contributed by atoms with Crippen LogP contribution in [0.1, 0.15) is 43.6 Å². The summed E-state index contributed by atoms with van der Waals surface area (Å²) in [6.45, 7) is 10.7. The van der Waals surface area contributed by atoms with Crippen LogP contribution in [-0.4, -0.2) is 39.4 Å². The quantitative estimate of drug-likeness (QED) is 0.205. The van der Waals surface area contributed by atoms with E-state index < -0.39 is 17.7 Å². The van der Waals surface area contributed by atoms with Gasteiger partial charge in [-0.25, -0.2) is 9.31 Å². The van der Waals surface area contributed by atoms with Crippen molar-refractivity contribution < 1.29 is 19.4 Å². The summed E-state index contributed by atoms with van der Waals surface area (Å²) in [5, 5.41) is 19.2. The first-order chi connectivity index (χ1) is 20.5. The fraction of sp³-hybridized carbons (Fsp3) is 0.257. The first kappa shape index (κ1) is 28.8. The molecule has 5 aromatic rings. The number of ether oxygens (including phenoxy) is 2. The van der Waals surface area contributed by atoms with Crippen molar-refractivity contribution in [3.8, 4) is 39.3 Å². The Bertz CT molecular complexity index is 1870. The van der Waals surface area contributed by atoms with Gasteiger partial charge in [-0.2, -0.15) is 5.10 Å². The van der Waals surface area contributed by atoms with E-state index in [1.807, 2.05) is 76.4 Å². The molecule has 3 aromatic carbocycles. The SMILES string of the molecule is Cc1ccccc1-c1cccc(-c2cc3c(-c4ccc5c(c4Cl)NCCO5)c(C(OC(C)(C)C)C(=O)O)c(C)cn3n2)c1. The van der Waals surface area contributed by atoms with Crippen molar-refractivity contribution >= 4 is 28.8 Å². The number of rotatable bonds is 6. The predicted molar refractivity (Wildman–Crippen MR) is 171 cm³/mol. The predicted octanol–water partition coefficient (Wildman–Crippen LogP) is 8.35. The van der Waals surface area contributed by atoms with E-state index in [9.17, 15) is 9.90 Å². The standard InChI is InChI=1S/C35H34ClN3O4/c1-20-9-6-7-12-24(20)22-10-8-11-23(17-22)26-18-27-30(25-13-14-28-32(31(25)36)37-15-16-42-28)29(21(2)19-39(27)38-26)33(34(40)41)43-35(3,4)5/h6-14,17-19,33,37H,15-16H2,1-5H3,(H,40,41).